The van der Waals surface area contributed by atoms with Crippen LogP contribution in [-0.4, -0.2) is 17.7 Å². The summed E-state index contributed by atoms with van der Waals surface area (Å²) >= 11 is 4.88. The molecule has 8 heteroatoms. The SMILES string of the molecule is CC(C)c1ccc(NC(=O)C(Sc2ccc(NC(=O)/C(=C/c3cccc(Br)c3)NC(=O)c3ccccc3)cc2)c2ccccc2)cc1. The second-order valence-corrected chi connectivity index (χ2v) is 13.2. The molecule has 0 fully saturated rings. The summed E-state index contributed by atoms with van der Waals surface area (Å²) in [7, 11) is 0. The van der Waals surface area contributed by atoms with Crippen LogP contribution in [0.15, 0.2) is 149 Å². The molecule has 6 nitrogen and oxygen atoms in total. The van der Waals surface area contributed by atoms with Crippen LogP contribution in [0.5, 0.6) is 0 Å². The summed E-state index contributed by atoms with van der Waals surface area (Å²) in [6.45, 7) is 4.27. The molecule has 0 bridgehead atoms. The van der Waals surface area contributed by atoms with E-state index in [1.807, 2.05) is 97.1 Å². The highest BCUT2D eigenvalue weighted by molar-refractivity contribution is 9.10. The zero-order valence-electron chi connectivity index (χ0n) is 25.9. The number of hydrogen-bond donors (Lipinski definition) is 3. The van der Waals surface area contributed by atoms with E-state index in [1.54, 1.807) is 42.5 Å². The van der Waals surface area contributed by atoms with Gasteiger partial charge in [0, 0.05) is 26.3 Å². The third-order valence-electron chi connectivity index (χ3n) is 7.24. The van der Waals surface area contributed by atoms with Gasteiger partial charge in [-0.05, 0) is 89.3 Å². The van der Waals surface area contributed by atoms with Gasteiger partial charge in [0.25, 0.3) is 11.8 Å². The fourth-order valence-electron chi connectivity index (χ4n) is 4.72. The summed E-state index contributed by atoms with van der Waals surface area (Å²) < 4.78 is 0.847. The maximum Gasteiger partial charge on any atom is 0.272 e. The van der Waals surface area contributed by atoms with E-state index < -0.39 is 17.1 Å². The Morgan fingerprint density at radius 3 is 1.94 bits per heavy atom. The largest absolute Gasteiger partial charge is 0.325 e. The number of halogens is 1. The van der Waals surface area contributed by atoms with E-state index in [9.17, 15) is 14.4 Å². The minimum Gasteiger partial charge on any atom is -0.325 e. The molecule has 1 unspecified atom stereocenters. The quantitative estimate of drug-likeness (QED) is 0.0945. The smallest absolute Gasteiger partial charge is 0.272 e. The third kappa shape index (κ3) is 9.54. The Labute approximate surface area is 287 Å². The van der Waals surface area contributed by atoms with Gasteiger partial charge in [-0.1, -0.05) is 103 Å². The van der Waals surface area contributed by atoms with Crippen LogP contribution in [0.2, 0.25) is 0 Å². The van der Waals surface area contributed by atoms with Gasteiger partial charge < -0.3 is 16.0 Å². The first kappa shape index (κ1) is 33.4. The minimum absolute atomic E-state index is 0.0950. The van der Waals surface area contributed by atoms with Crippen LogP contribution < -0.4 is 16.0 Å². The van der Waals surface area contributed by atoms with Crippen LogP contribution in [0.1, 0.15) is 52.1 Å². The van der Waals surface area contributed by atoms with Crippen LogP contribution in [0.4, 0.5) is 11.4 Å². The van der Waals surface area contributed by atoms with Gasteiger partial charge in [-0.15, -0.1) is 11.8 Å². The molecule has 1 atom stereocenters. The van der Waals surface area contributed by atoms with Crippen molar-refractivity contribution in [1.82, 2.24) is 5.32 Å². The van der Waals surface area contributed by atoms with Crippen LogP contribution >= 0.6 is 27.7 Å². The van der Waals surface area contributed by atoms with Crippen molar-refractivity contribution < 1.29 is 14.4 Å². The molecular formula is C39H34BrN3O3S. The second-order valence-electron chi connectivity index (χ2n) is 11.1. The summed E-state index contributed by atoms with van der Waals surface area (Å²) in [6, 6.07) is 41.0. The third-order valence-corrected chi connectivity index (χ3v) is 9.00. The molecule has 5 aromatic rings. The monoisotopic (exact) mass is 703 g/mol. The van der Waals surface area contributed by atoms with Gasteiger partial charge >= 0.3 is 0 Å². The number of rotatable bonds is 11. The Balaban J connectivity index is 1.31. The lowest BCUT2D eigenvalue weighted by molar-refractivity contribution is -0.116. The maximum absolute atomic E-state index is 13.6. The number of hydrogen-bond acceptors (Lipinski definition) is 4. The van der Waals surface area contributed by atoms with Crippen LogP contribution in [0, 0.1) is 0 Å². The zero-order valence-corrected chi connectivity index (χ0v) is 28.3. The fraction of sp³-hybridized carbons (Fsp3) is 0.103. The summed E-state index contributed by atoms with van der Waals surface area (Å²) in [5.41, 5.74) is 4.64. The first-order chi connectivity index (χ1) is 22.7. The van der Waals surface area contributed by atoms with Crippen molar-refractivity contribution in [2.45, 2.75) is 29.9 Å². The number of anilines is 2. The van der Waals surface area contributed by atoms with E-state index >= 15 is 0 Å². The van der Waals surface area contributed by atoms with Crippen molar-refractivity contribution >= 4 is 62.9 Å². The van der Waals surface area contributed by atoms with Crippen LogP contribution in [0.3, 0.4) is 0 Å². The first-order valence-corrected chi connectivity index (χ1v) is 16.8. The predicted molar refractivity (Wildman–Crippen MR) is 195 cm³/mol. The summed E-state index contributed by atoms with van der Waals surface area (Å²) in [6.07, 6.45) is 1.63. The lowest BCUT2D eigenvalue weighted by Crippen LogP contribution is -2.30. The zero-order chi connectivity index (χ0) is 33.2. The van der Waals surface area contributed by atoms with E-state index in [1.165, 1.54) is 17.3 Å². The average Bonchev–Trinajstić information content (AvgIpc) is 3.08. The van der Waals surface area contributed by atoms with Gasteiger partial charge in [0.2, 0.25) is 5.91 Å². The molecule has 0 spiro atoms. The summed E-state index contributed by atoms with van der Waals surface area (Å²) in [5, 5.41) is 8.22. The van der Waals surface area contributed by atoms with Crippen LogP contribution in [-0.2, 0) is 9.59 Å². The number of carbonyl (C=O) groups is 3. The van der Waals surface area contributed by atoms with Crippen molar-refractivity contribution in [2.75, 3.05) is 10.6 Å². The lowest BCUT2D eigenvalue weighted by Gasteiger charge is -2.18. The molecule has 3 N–H and O–H groups in total. The normalized spacial score (nSPS) is 11.9. The van der Waals surface area contributed by atoms with E-state index in [-0.39, 0.29) is 11.6 Å². The molecule has 5 aromatic carbocycles. The minimum atomic E-state index is -0.505. The molecule has 47 heavy (non-hydrogen) atoms. The van der Waals surface area contributed by atoms with Gasteiger partial charge in [-0.2, -0.15) is 0 Å². The Morgan fingerprint density at radius 1 is 0.681 bits per heavy atom. The van der Waals surface area contributed by atoms with Crippen molar-refractivity contribution in [3.05, 3.63) is 166 Å². The number of nitrogens with one attached hydrogen (secondary N) is 3. The Morgan fingerprint density at radius 2 is 1.30 bits per heavy atom. The maximum atomic E-state index is 13.6. The number of thioether (sulfide) groups is 1. The van der Waals surface area contributed by atoms with Gasteiger partial charge in [-0.25, -0.2) is 0 Å². The molecule has 0 heterocycles. The highest BCUT2D eigenvalue weighted by Crippen LogP contribution is 2.37. The Kier molecular flexibility index (Phi) is 11.4. The molecule has 236 valence electrons. The van der Waals surface area contributed by atoms with Crippen molar-refractivity contribution in [1.29, 1.82) is 0 Å². The molecule has 3 amide bonds. The molecule has 0 aliphatic rings. The predicted octanol–water partition coefficient (Wildman–Crippen LogP) is 9.45. The number of amides is 3. The van der Waals surface area contributed by atoms with Crippen molar-refractivity contribution in [2.24, 2.45) is 0 Å². The fourth-order valence-corrected chi connectivity index (χ4v) is 6.16. The topological polar surface area (TPSA) is 87.3 Å². The molecule has 5 rings (SSSR count). The number of carbonyl (C=O) groups excluding carboxylic acids is 3. The summed E-state index contributed by atoms with van der Waals surface area (Å²) in [4.78, 5) is 40.8. The highest BCUT2D eigenvalue weighted by Gasteiger charge is 2.23. The highest BCUT2D eigenvalue weighted by atomic mass is 79.9. The molecule has 0 saturated heterocycles. The molecule has 0 aromatic heterocycles. The van der Waals surface area contributed by atoms with E-state index in [0.29, 0.717) is 17.2 Å². The van der Waals surface area contributed by atoms with Gasteiger partial charge in [0.05, 0.1) is 0 Å². The van der Waals surface area contributed by atoms with E-state index in [2.05, 4.69) is 45.7 Å². The van der Waals surface area contributed by atoms with Gasteiger partial charge in [0.15, 0.2) is 0 Å². The number of benzene rings is 5. The van der Waals surface area contributed by atoms with Gasteiger partial charge in [0.1, 0.15) is 10.9 Å². The van der Waals surface area contributed by atoms with Gasteiger partial charge in [-0.3, -0.25) is 14.4 Å². The summed E-state index contributed by atoms with van der Waals surface area (Å²) in [5.74, 6) is -0.594. The average molecular weight is 705 g/mol. The molecule has 0 radical (unpaired) electrons. The standard InChI is InChI=1S/C39H34BrN3O3S/c1-26(2)28-16-18-32(19-17-28)42-39(46)36(29-11-5-3-6-12-29)47-34-22-20-33(21-23-34)41-38(45)35(25-27-10-9-15-31(40)24-27)43-37(44)30-13-7-4-8-14-30/h3-26,36H,1-2H3,(H,41,45)(H,42,46)(H,43,44)/b35-25-. The Hall–Kier alpha value is -4.92. The molecule has 0 aliphatic carbocycles. The Bertz CT molecular complexity index is 1860. The van der Waals surface area contributed by atoms with E-state index in [0.717, 1.165) is 26.2 Å². The molecule has 0 saturated carbocycles. The van der Waals surface area contributed by atoms with Crippen LogP contribution in [0.25, 0.3) is 6.08 Å². The molecule has 0 aliphatic heterocycles. The van der Waals surface area contributed by atoms with Crippen molar-refractivity contribution in [3.63, 3.8) is 0 Å². The lowest BCUT2D eigenvalue weighted by atomic mass is 10.0. The van der Waals surface area contributed by atoms with Crippen molar-refractivity contribution in [3.8, 4) is 0 Å². The first-order valence-electron chi connectivity index (χ1n) is 15.1. The molecular weight excluding hydrogens is 670 g/mol. The second kappa shape index (κ2) is 16.1. The van der Waals surface area contributed by atoms with E-state index in [4.69, 9.17) is 0 Å².